The number of pyridine rings is 2. The van der Waals surface area contributed by atoms with Gasteiger partial charge in [-0.2, -0.15) is 0 Å². The number of methoxy groups -OCH3 is 1. The van der Waals surface area contributed by atoms with Crippen LogP contribution in [0, 0.1) is 0 Å². The van der Waals surface area contributed by atoms with E-state index in [2.05, 4.69) is 15.3 Å². The fraction of sp³-hybridized carbons (Fsp3) is 0.167. The molecular weight excluding hydrogens is 238 g/mol. The molecule has 0 radical (unpaired) electrons. The van der Waals surface area contributed by atoms with Gasteiger partial charge < -0.3 is 10.1 Å². The predicted molar refractivity (Wildman–Crippen MR) is 67.4 cm³/mol. The number of nitrogens with zero attached hydrogens (tertiary/aromatic N) is 2. The highest BCUT2D eigenvalue weighted by atomic mass is 35.5. The zero-order chi connectivity index (χ0) is 12.1. The van der Waals surface area contributed by atoms with E-state index in [9.17, 15) is 0 Å². The molecule has 0 aromatic carbocycles. The number of hydrogen-bond donors (Lipinski definition) is 1. The Hall–Kier alpha value is -1.81. The highest BCUT2D eigenvalue weighted by Crippen LogP contribution is 2.13. The molecule has 0 aliphatic carbocycles. The van der Waals surface area contributed by atoms with Gasteiger partial charge in [0.15, 0.2) is 0 Å². The van der Waals surface area contributed by atoms with Crippen LogP contribution in [0.4, 0.5) is 5.69 Å². The fourth-order valence-electron chi connectivity index (χ4n) is 1.35. The third-order valence-corrected chi connectivity index (χ3v) is 2.44. The van der Waals surface area contributed by atoms with E-state index in [1.807, 2.05) is 18.2 Å². The summed E-state index contributed by atoms with van der Waals surface area (Å²) in [6.45, 7) is 0.678. The quantitative estimate of drug-likeness (QED) is 0.847. The molecule has 0 aliphatic rings. The first-order valence-electron chi connectivity index (χ1n) is 5.12. The van der Waals surface area contributed by atoms with Gasteiger partial charge in [-0.1, -0.05) is 17.7 Å². The van der Waals surface area contributed by atoms with E-state index >= 15 is 0 Å². The Balaban J connectivity index is 1.97. The maximum absolute atomic E-state index is 5.79. The average molecular weight is 250 g/mol. The normalized spacial score (nSPS) is 10.0. The van der Waals surface area contributed by atoms with Crippen LogP contribution in [0.3, 0.4) is 0 Å². The van der Waals surface area contributed by atoms with Gasteiger partial charge in [-0.25, -0.2) is 9.97 Å². The number of halogens is 1. The second-order valence-corrected chi connectivity index (χ2v) is 3.82. The lowest BCUT2D eigenvalue weighted by Crippen LogP contribution is -2.00. The second-order valence-electron chi connectivity index (χ2n) is 3.43. The first kappa shape index (κ1) is 11.7. The molecule has 0 saturated heterocycles. The van der Waals surface area contributed by atoms with Gasteiger partial charge in [0.05, 0.1) is 7.11 Å². The molecule has 2 rings (SSSR count). The summed E-state index contributed by atoms with van der Waals surface area (Å²) >= 11 is 5.79. The van der Waals surface area contributed by atoms with Gasteiger partial charge in [0.25, 0.3) is 0 Å². The van der Waals surface area contributed by atoms with E-state index in [1.165, 1.54) is 0 Å². The lowest BCUT2D eigenvalue weighted by Gasteiger charge is -2.06. The molecule has 88 valence electrons. The van der Waals surface area contributed by atoms with Crippen LogP contribution < -0.4 is 10.1 Å². The fourth-order valence-corrected chi connectivity index (χ4v) is 1.53. The van der Waals surface area contributed by atoms with Crippen molar-refractivity contribution in [3.05, 3.63) is 47.4 Å². The molecule has 4 nitrogen and oxygen atoms in total. The number of ether oxygens (including phenoxy) is 1. The Morgan fingerprint density at radius 2 is 2.18 bits per heavy atom. The van der Waals surface area contributed by atoms with Crippen LogP contribution in [-0.4, -0.2) is 17.1 Å². The minimum absolute atomic E-state index is 0.475. The van der Waals surface area contributed by atoms with Gasteiger partial charge >= 0.3 is 0 Å². The van der Waals surface area contributed by atoms with Crippen LogP contribution in [0.25, 0.3) is 0 Å². The molecule has 0 bridgehead atoms. The van der Waals surface area contributed by atoms with Crippen molar-refractivity contribution in [2.24, 2.45) is 0 Å². The van der Waals surface area contributed by atoms with E-state index in [4.69, 9.17) is 16.3 Å². The minimum Gasteiger partial charge on any atom is -0.481 e. The van der Waals surface area contributed by atoms with Crippen molar-refractivity contribution in [3.63, 3.8) is 0 Å². The van der Waals surface area contributed by atoms with Crippen molar-refractivity contribution in [2.45, 2.75) is 6.54 Å². The van der Waals surface area contributed by atoms with Crippen LogP contribution in [-0.2, 0) is 6.54 Å². The van der Waals surface area contributed by atoms with Gasteiger partial charge in [-0.05, 0) is 17.7 Å². The zero-order valence-corrected chi connectivity index (χ0v) is 10.1. The van der Waals surface area contributed by atoms with Gasteiger partial charge in [-0.15, -0.1) is 0 Å². The number of hydrogen-bond acceptors (Lipinski definition) is 4. The third-order valence-electron chi connectivity index (χ3n) is 2.23. The molecule has 0 amide bonds. The summed E-state index contributed by atoms with van der Waals surface area (Å²) in [4.78, 5) is 8.04. The largest absolute Gasteiger partial charge is 0.481 e. The Morgan fingerprint density at radius 3 is 2.82 bits per heavy atom. The summed E-state index contributed by atoms with van der Waals surface area (Å²) in [6.07, 6.45) is 3.44. The molecule has 2 aromatic rings. The number of anilines is 1. The van der Waals surface area contributed by atoms with E-state index in [1.54, 1.807) is 25.6 Å². The Morgan fingerprint density at radius 1 is 1.29 bits per heavy atom. The third kappa shape index (κ3) is 3.32. The smallest absolute Gasteiger partial charge is 0.212 e. The maximum atomic E-state index is 5.79. The summed E-state index contributed by atoms with van der Waals surface area (Å²) in [7, 11) is 1.60. The monoisotopic (exact) mass is 249 g/mol. The van der Waals surface area contributed by atoms with Crippen molar-refractivity contribution in [3.8, 4) is 5.88 Å². The molecule has 0 aliphatic heterocycles. The van der Waals surface area contributed by atoms with Gasteiger partial charge in [0, 0.05) is 30.7 Å². The molecule has 0 saturated carbocycles. The maximum Gasteiger partial charge on any atom is 0.212 e. The molecule has 0 spiro atoms. The first-order chi connectivity index (χ1) is 8.28. The molecule has 0 fully saturated rings. The summed E-state index contributed by atoms with van der Waals surface area (Å²) in [5.41, 5.74) is 2.00. The molecule has 2 heterocycles. The molecule has 2 aromatic heterocycles. The van der Waals surface area contributed by atoms with Gasteiger partial charge in [0.2, 0.25) is 5.88 Å². The molecule has 0 unspecified atom stereocenters. The van der Waals surface area contributed by atoms with Crippen molar-refractivity contribution in [1.82, 2.24) is 9.97 Å². The van der Waals surface area contributed by atoms with Crippen LogP contribution in [0.1, 0.15) is 5.56 Å². The number of aromatic nitrogens is 2. The average Bonchev–Trinajstić information content (AvgIpc) is 2.37. The van der Waals surface area contributed by atoms with Crippen LogP contribution >= 0.6 is 11.6 Å². The highest BCUT2D eigenvalue weighted by Gasteiger charge is 1.97. The van der Waals surface area contributed by atoms with Crippen LogP contribution in [0.15, 0.2) is 36.7 Å². The van der Waals surface area contributed by atoms with Gasteiger partial charge in [-0.3, -0.25) is 0 Å². The van der Waals surface area contributed by atoms with E-state index in [0.29, 0.717) is 17.6 Å². The van der Waals surface area contributed by atoms with Crippen molar-refractivity contribution < 1.29 is 4.74 Å². The molecular formula is C12H12ClN3O. The van der Waals surface area contributed by atoms with Crippen LogP contribution in [0.2, 0.25) is 5.15 Å². The molecule has 0 atom stereocenters. The topological polar surface area (TPSA) is 47.0 Å². The van der Waals surface area contributed by atoms with Crippen molar-refractivity contribution >= 4 is 17.3 Å². The lowest BCUT2D eigenvalue weighted by molar-refractivity contribution is 0.397. The predicted octanol–water partition coefficient (Wildman–Crippen LogP) is 2.75. The summed E-state index contributed by atoms with van der Waals surface area (Å²) in [5, 5.41) is 3.71. The van der Waals surface area contributed by atoms with Crippen LogP contribution in [0.5, 0.6) is 5.88 Å². The molecule has 17 heavy (non-hydrogen) atoms. The molecule has 1 N–H and O–H groups in total. The Labute approximate surface area is 105 Å². The Bertz CT molecular complexity index is 487. The van der Waals surface area contributed by atoms with Crippen molar-refractivity contribution in [1.29, 1.82) is 0 Å². The summed E-state index contributed by atoms with van der Waals surface area (Å²) in [5.74, 6) is 0.612. The number of nitrogens with one attached hydrogen (secondary N) is 1. The van der Waals surface area contributed by atoms with E-state index < -0.39 is 0 Å². The zero-order valence-electron chi connectivity index (χ0n) is 9.35. The lowest BCUT2D eigenvalue weighted by atomic mass is 10.3. The van der Waals surface area contributed by atoms with E-state index in [0.717, 1.165) is 11.3 Å². The molecule has 5 heteroatoms. The highest BCUT2D eigenvalue weighted by molar-refractivity contribution is 6.29. The summed E-state index contributed by atoms with van der Waals surface area (Å²) in [6, 6.07) is 7.43. The SMILES string of the molecule is COc1ccc(CNc2ccnc(Cl)c2)cn1. The van der Waals surface area contributed by atoms with E-state index in [-0.39, 0.29) is 0 Å². The summed E-state index contributed by atoms with van der Waals surface area (Å²) < 4.78 is 4.99. The number of rotatable bonds is 4. The first-order valence-corrected chi connectivity index (χ1v) is 5.50. The minimum atomic E-state index is 0.475. The second kappa shape index (κ2) is 5.50. The van der Waals surface area contributed by atoms with Gasteiger partial charge in [0.1, 0.15) is 5.15 Å². The standard InChI is InChI=1S/C12H12ClN3O/c1-17-12-3-2-9(8-16-12)7-15-10-4-5-14-11(13)6-10/h2-6,8H,7H2,1H3,(H,14,15). The Kier molecular flexibility index (Phi) is 3.77. The van der Waals surface area contributed by atoms with Crippen molar-refractivity contribution in [2.75, 3.05) is 12.4 Å².